The molecule has 0 spiro atoms. The third-order valence-electron chi connectivity index (χ3n) is 3.96. The predicted octanol–water partition coefficient (Wildman–Crippen LogP) is 2.38. The van der Waals surface area contributed by atoms with Crippen molar-refractivity contribution < 1.29 is 9.90 Å². The van der Waals surface area contributed by atoms with Crippen molar-refractivity contribution >= 4 is 16.8 Å². The second kappa shape index (κ2) is 5.74. The number of urea groups is 1. The van der Waals surface area contributed by atoms with Crippen LogP contribution in [0.1, 0.15) is 24.8 Å². The van der Waals surface area contributed by atoms with E-state index in [2.05, 4.69) is 41.0 Å². The molecule has 2 aromatic carbocycles. The van der Waals surface area contributed by atoms with Crippen molar-refractivity contribution in [3.63, 3.8) is 0 Å². The van der Waals surface area contributed by atoms with Crippen molar-refractivity contribution in [2.24, 2.45) is 0 Å². The smallest absolute Gasteiger partial charge is 0.315 e. The second-order valence-corrected chi connectivity index (χ2v) is 5.76. The number of carbonyl (C=O) groups is 1. The standard InChI is InChI=1S/C17H20N2O2/c1-11(10-20)18-17(21)19-16-9-15(16)14-7-6-12-4-2-3-5-13(12)8-14/h2-8,11,15-16,20H,9-10H2,1H3,(H2,18,19,21)/t11-,15-,16+/m0/s1. The van der Waals surface area contributed by atoms with Crippen LogP contribution in [0.4, 0.5) is 4.79 Å². The van der Waals surface area contributed by atoms with E-state index in [9.17, 15) is 4.79 Å². The van der Waals surface area contributed by atoms with Crippen LogP contribution in [0, 0.1) is 0 Å². The highest BCUT2D eigenvalue weighted by Gasteiger charge is 2.39. The van der Waals surface area contributed by atoms with E-state index in [0.717, 1.165) is 6.42 Å². The summed E-state index contributed by atoms with van der Waals surface area (Å²) in [5.41, 5.74) is 1.27. The van der Waals surface area contributed by atoms with E-state index in [-0.39, 0.29) is 24.7 Å². The Balaban J connectivity index is 1.62. The van der Waals surface area contributed by atoms with Crippen molar-refractivity contribution in [3.05, 3.63) is 48.0 Å². The molecule has 0 heterocycles. The number of hydrogen-bond donors (Lipinski definition) is 3. The van der Waals surface area contributed by atoms with Gasteiger partial charge in [0.15, 0.2) is 0 Å². The van der Waals surface area contributed by atoms with Crippen LogP contribution in [0.25, 0.3) is 10.8 Å². The quantitative estimate of drug-likeness (QED) is 0.807. The monoisotopic (exact) mass is 284 g/mol. The molecule has 3 rings (SSSR count). The zero-order chi connectivity index (χ0) is 14.8. The fraction of sp³-hybridized carbons (Fsp3) is 0.353. The van der Waals surface area contributed by atoms with Crippen LogP contribution in [0.3, 0.4) is 0 Å². The van der Waals surface area contributed by atoms with Gasteiger partial charge < -0.3 is 15.7 Å². The first-order chi connectivity index (χ1) is 10.2. The first-order valence-electron chi connectivity index (χ1n) is 7.34. The SMILES string of the molecule is C[C@@H](CO)NC(=O)N[C@@H]1C[C@H]1c1ccc2ccccc2c1. The van der Waals surface area contributed by atoms with Gasteiger partial charge in [-0.05, 0) is 29.7 Å². The fourth-order valence-corrected chi connectivity index (χ4v) is 2.64. The zero-order valence-corrected chi connectivity index (χ0v) is 12.0. The first kappa shape index (κ1) is 13.9. The number of rotatable bonds is 4. The third kappa shape index (κ3) is 3.16. The van der Waals surface area contributed by atoms with Gasteiger partial charge in [-0.3, -0.25) is 0 Å². The molecule has 0 unspecified atom stereocenters. The predicted molar refractivity (Wildman–Crippen MR) is 83.3 cm³/mol. The van der Waals surface area contributed by atoms with E-state index in [1.807, 2.05) is 12.1 Å². The summed E-state index contributed by atoms with van der Waals surface area (Å²) in [6.07, 6.45) is 0.971. The minimum Gasteiger partial charge on any atom is -0.394 e. The Morgan fingerprint density at radius 3 is 2.81 bits per heavy atom. The topological polar surface area (TPSA) is 61.4 Å². The molecule has 0 saturated heterocycles. The molecule has 3 N–H and O–H groups in total. The molecule has 2 aromatic rings. The molecule has 4 heteroatoms. The lowest BCUT2D eigenvalue weighted by Crippen LogP contribution is -2.43. The highest BCUT2D eigenvalue weighted by atomic mass is 16.3. The summed E-state index contributed by atoms with van der Waals surface area (Å²) in [7, 11) is 0. The van der Waals surface area contributed by atoms with Crippen LogP contribution in [-0.4, -0.2) is 29.8 Å². The Kier molecular flexibility index (Phi) is 3.80. The van der Waals surface area contributed by atoms with E-state index in [1.54, 1.807) is 6.92 Å². The maximum atomic E-state index is 11.7. The lowest BCUT2D eigenvalue weighted by atomic mass is 10.0. The highest BCUT2D eigenvalue weighted by molar-refractivity contribution is 5.83. The number of carbonyl (C=O) groups excluding carboxylic acids is 1. The number of amides is 2. The van der Waals surface area contributed by atoms with Gasteiger partial charge in [-0.1, -0.05) is 42.5 Å². The molecule has 0 aliphatic heterocycles. The molecule has 21 heavy (non-hydrogen) atoms. The number of aliphatic hydroxyl groups is 1. The molecule has 0 bridgehead atoms. The number of hydrogen-bond acceptors (Lipinski definition) is 2. The van der Waals surface area contributed by atoms with Crippen LogP contribution in [0.15, 0.2) is 42.5 Å². The van der Waals surface area contributed by atoms with Crippen LogP contribution >= 0.6 is 0 Å². The van der Waals surface area contributed by atoms with Crippen LogP contribution in [0.2, 0.25) is 0 Å². The summed E-state index contributed by atoms with van der Waals surface area (Å²) in [4.78, 5) is 11.7. The van der Waals surface area contributed by atoms with Gasteiger partial charge in [0.2, 0.25) is 0 Å². The maximum absolute atomic E-state index is 11.7. The van der Waals surface area contributed by atoms with Crippen LogP contribution < -0.4 is 10.6 Å². The molecule has 2 amide bonds. The Hall–Kier alpha value is -2.07. The summed E-state index contributed by atoms with van der Waals surface area (Å²) < 4.78 is 0. The van der Waals surface area contributed by atoms with E-state index in [4.69, 9.17) is 5.11 Å². The summed E-state index contributed by atoms with van der Waals surface area (Å²) in [6.45, 7) is 1.72. The molecule has 110 valence electrons. The minimum absolute atomic E-state index is 0.0494. The molecule has 1 aliphatic rings. The summed E-state index contributed by atoms with van der Waals surface area (Å²) in [6, 6.07) is 14.5. The van der Waals surface area contributed by atoms with Gasteiger partial charge in [0.1, 0.15) is 0 Å². The van der Waals surface area contributed by atoms with E-state index >= 15 is 0 Å². The van der Waals surface area contributed by atoms with Crippen molar-refractivity contribution in [1.82, 2.24) is 10.6 Å². The largest absolute Gasteiger partial charge is 0.394 e. The Labute approximate surface area is 124 Å². The first-order valence-corrected chi connectivity index (χ1v) is 7.34. The minimum atomic E-state index is -0.220. The van der Waals surface area contributed by atoms with E-state index < -0.39 is 0 Å². The molecule has 3 atom stereocenters. The third-order valence-corrected chi connectivity index (χ3v) is 3.96. The fourth-order valence-electron chi connectivity index (χ4n) is 2.64. The Morgan fingerprint density at radius 2 is 2.05 bits per heavy atom. The molecule has 4 nitrogen and oxygen atoms in total. The molecule has 1 saturated carbocycles. The molecular formula is C17H20N2O2. The van der Waals surface area contributed by atoms with E-state index in [1.165, 1.54) is 16.3 Å². The summed E-state index contributed by atoms with van der Waals surface area (Å²) >= 11 is 0. The van der Waals surface area contributed by atoms with Gasteiger partial charge in [0.25, 0.3) is 0 Å². The van der Waals surface area contributed by atoms with Gasteiger partial charge in [-0.15, -0.1) is 0 Å². The molecule has 0 radical (unpaired) electrons. The van der Waals surface area contributed by atoms with Crippen molar-refractivity contribution in [2.45, 2.75) is 31.3 Å². The Bertz CT molecular complexity index is 656. The van der Waals surface area contributed by atoms with E-state index in [0.29, 0.717) is 5.92 Å². The Morgan fingerprint density at radius 1 is 1.29 bits per heavy atom. The lowest BCUT2D eigenvalue weighted by molar-refractivity contribution is 0.220. The average Bonchev–Trinajstić information content (AvgIpc) is 3.25. The maximum Gasteiger partial charge on any atom is 0.315 e. The number of fused-ring (bicyclic) bond motifs is 1. The molecule has 1 fully saturated rings. The van der Waals surface area contributed by atoms with Gasteiger partial charge in [-0.25, -0.2) is 4.79 Å². The highest BCUT2D eigenvalue weighted by Crippen LogP contribution is 2.41. The summed E-state index contributed by atoms with van der Waals surface area (Å²) in [5, 5.41) is 17.1. The number of benzene rings is 2. The molecular weight excluding hydrogens is 264 g/mol. The normalized spacial score (nSPS) is 21.8. The van der Waals surface area contributed by atoms with Crippen molar-refractivity contribution in [1.29, 1.82) is 0 Å². The number of aliphatic hydroxyl groups excluding tert-OH is 1. The van der Waals surface area contributed by atoms with Crippen molar-refractivity contribution in [2.75, 3.05) is 6.61 Å². The van der Waals surface area contributed by atoms with Gasteiger partial charge in [0.05, 0.1) is 12.6 Å². The molecule has 1 aliphatic carbocycles. The molecule has 0 aromatic heterocycles. The average molecular weight is 284 g/mol. The van der Waals surface area contributed by atoms with Gasteiger partial charge >= 0.3 is 6.03 Å². The van der Waals surface area contributed by atoms with Crippen LogP contribution in [-0.2, 0) is 0 Å². The van der Waals surface area contributed by atoms with Gasteiger partial charge in [0, 0.05) is 12.0 Å². The lowest BCUT2D eigenvalue weighted by Gasteiger charge is -2.12. The van der Waals surface area contributed by atoms with Crippen molar-refractivity contribution in [3.8, 4) is 0 Å². The number of nitrogens with one attached hydrogen (secondary N) is 2. The summed E-state index contributed by atoms with van der Waals surface area (Å²) in [5.74, 6) is 0.393. The zero-order valence-electron chi connectivity index (χ0n) is 12.0. The van der Waals surface area contributed by atoms with Crippen LogP contribution in [0.5, 0.6) is 0 Å². The second-order valence-electron chi connectivity index (χ2n) is 5.76. The van der Waals surface area contributed by atoms with Gasteiger partial charge in [-0.2, -0.15) is 0 Å².